The SMILES string of the molecule is Cn1ccc2cc([C@@H](O)CNC(=O)c3cc4ccccc4s3)ccc21. The first kappa shape index (κ1) is 15.9. The number of aliphatic hydroxyl groups is 1. The molecule has 0 bridgehead atoms. The lowest BCUT2D eigenvalue weighted by molar-refractivity contribution is 0.0920. The number of rotatable bonds is 4. The Labute approximate surface area is 149 Å². The fourth-order valence-electron chi connectivity index (χ4n) is 3.00. The van der Waals surface area contributed by atoms with Gasteiger partial charge in [0.25, 0.3) is 5.91 Å². The number of fused-ring (bicyclic) bond motifs is 2. The summed E-state index contributed by atoms with van der Waals surface area (Å²) in [5.41, 5.74) is 1.92. The van der Waals surface area contributed by atoms with E-state index in [9.17, 15) is 9.90 Å². The average molecular weight is 350 g/mol. The number of carbonyl (C=O) groups excluding carboxylic acids is 1. The Morgan fingerprint density at radius 1 is 1.16 bits per heavy atom. The Hall–Kier alpha value is -2.63. The van der Waals surface area contributed by atoms with Crippen LogP contribution in [0.1, 0.15) is 21.3 Å². The highest BCUT2D eigenvalue weighted by atomic mass is 32.1. The van der Waals surface area contributed by atoms with Gasteiger partial charge >= 0.3 is 0 Å². The number of hydrogen-bond acceptors (Lipinski definition) is 3. The number of nitrogens with one attached hydrogen (secondary N) is 1. The van der Waals surface area contributed by atoms with Gasteiger partial charge in [0.1, 0.15) is 0 Å². The molecule has 0 aliphatic heterocycles. The first-order chi connectivity index (χ1) is 12.1. The van der Waals surface area contributed by atoms with Gasteiger partial charge in [0, 0.05) is 30.0 Å². The lowest BCUT2D eigenvalue weighted by Gasteiger charge is -2.12. The van der Waals surface area contributed by atoms with E-state index >= 15 is 0 Å². The topological polar surface area (TPSA) is 54.3 Å². The molecule has 2 heterocycles. The van der Waals surface area contributed by atoms with Gasteiger partial charge in [0.15, 0.2) is 0 Å². The van der Waals surface area contributed by atoms with Gasteiger partial charge in [0.2, 0.25) is 0 Å². The van der Waals surface area contributed by atoms with Gasteiger partial charge in [0.05, 0.1) is 11.0 Å². The summed E-state index contributed by atoms with van der Waals surface area (Å²) in [4.78, 5) is 13.0. The van der Waals surface area contributed by atoms with Gasteiger partial charge < -0.3 is 15.0 Å². The summed E-state index contributed by atoms with van der Waals surface area (Å²) in [5.74, 6) is -0.152. The van der Waals surface area contributed by atoms with Gasteiger partial charge in [-0.05, 0) is 46.7 Å². The molecule has 126 valence electrons. The number of benzene rings is 2. The van der Waals surface area contributed by atoms with E-state index in [0.29, 0.717) is 4.88 Å². The maximum Gasteiger partial charge on any atom is 0.261 e. The minimum Gasteiger partial charge on any atom is -0.387 e. The van der Waals surface area contributed by atoms with Gasteiger partial charge in [-0.3, -0.25) is 4.79 Å². The summed E-state index contributed by atoms with van der Waals surface area (Å²) >= 11 is 1.46. The molecule has 0 spiro atoms. The molecular formula is C20H18N2O2S. The van der Waals surface area contributed by atoms with Crippen LogP contribution in [0.25, 0.3) is 21.0 Å². The molecule has 4 rings (SSSR count). The highest BCUT2D eigenvalue weighted by Gasteiger charge is 2.14. The van der Waals surface area contributed by atoms with E-state index in [4.69, 9.17) is 0 Å². The van der Waals surface area contributed by atoms with E-state index in [1.807, 2.05) is 72.4 Å². The van der Waals surface area contributed by atoms with Crippen molar-refractivity contribution in [2.24, 2.45) is 7.05 Å². The van der Waals surface area contributed by atoms with Crippen LogP contribution in [-0.4, -0.2) is 22.1 Å². The van der Waals surface area contributed by atoms with Crippen LogP contribution >= 0.6 is 11.3 Å². The van der Waals surface area contributed by atoms with Crippen molar-refractivity contribution in [1.29, 1.82) is 0 Å². The Balaban J connectivity index is 1.46. The van der Waals surface area contributed by atoms with Crippen molar-refractivity contribution < 1.29 is 9.90 Å². The second-order valence-corrected chi connectivity index (χ2v) is 7.20. The molecular weight excluding hydrogens is 332 g/mol. The first-order valence-electron chi connectivity index (χ1n) is 8.11. The lowest BCUT2D eigenvalue weighted by Crippen LogP contribution is -2.27. The van der Waals surface area contributed by atoms with Gasteiger partial charge in [-0.1, -0.05) is 24.3 Å². The summed E-state index contributed by atoms with van der Waals surface area (Å²) < 4.78 is 3.12. The summed E-state index contributed by atoms with van der Waals surface area (Å²) in [6.45, 7) is 0.186. The Kier molecular flexibility index (Phi) is 4.03. The van der Waals surface area contributed by atoms with Gasteiger partial charge in [-0.15, -0.1) is 11.3 Å². The first-order valence-corrected chi connectivity index (χ1v) is 8.93. The third-order valence-electron chi connectivity index (χ3n) is 4.40. The Morgan fingerprint density at radius 3 is 2.84 bits per heavy atom. The van der Waals surface area contributed by atoms with Crippen molar-refractivity contribution in [1.82, 2.24) is 9.88 Å². The molecule has 0 saturated heterocycles. The number of thiophene rings is 1. The number of hydrogen-bond donors (Lipinski definition) is 2. The number of aliphatic hydroxyl groups excluding tert-OH is 1. The second kappa shape index (κ2) is 6.35. The number of aromatic nitrogens is 1. The molecule has 1 amide bonds. The highest BCUT2D eigenvalue weighted by Crippen LogP contribution is 2.25. The molecule has 25 heavy (non-hydrogen) atoms. The maximum atomic E-state index is 12.4. The zero-order chi connectivity index (χ0) is 17.4. The minimum absolute atomic E-state index is 0.152. The van der Waals surface area contributed by atoms with Crippen molar-refractivity contribution in [3.8, 4) is 0 Å². The van der Waals surface area contributed by atoms with Crippen LogP contribution in [0.2, 0.25) is 0 Å². The predicted octanol–water partition coefficient (Wildman–Crippen LogP) is 3.86. The van der Waals surface area contributed by atoms with Crippen LogP contribution in [0.5, 0.6) is 0 Å². The molecule has 4 nitrogen and oxygen atoms in total. The van der Waals surface area contributed by atoms with E-state index in [1.54, 1.807) is 0 Å². The molecule has 2 aromatic heterocycles. The van der Waals surface area contributed by atoms with Crippen LogP contribution in [0.4, 0.5) is 0 Å². The molecule has 2 N–H and O–H groups in total. The molecule has 0 unspecified atom stereocenters. The van der Waals surface area contributed by atoms with Crippen molar-refractivity contribution in [2.45, 2.75) is 6.10 Å². The Bertz CT molecular complexity index is 1030. The quantitative estimate of drug-likeness (QED) is 0.587. The second-order valence-electron chi connectivity index (χ2n) is 6.12. The van der Waals surface area contributed by atoms with Gasteiger partial charge in [-0.25, -0.2) is 0 Å². The third kappa shape index (κ3) is 3.04. The fourth-order valence-corrected chi connectivity index (χ4v) is 3.97. The van der Waals surface area contributed by atoms with E-state index < -0.39 is 6.10 Å². The number of amides is 1. The highest BCUT2D eigenvalue weighted by molar-refractivity contribution is 7.20. The summed E-state index contributed by atoms with van der Waals surface area (Å²) in [7, 11) is 1.99. The molecule has 5 heteroatoms. The van der Waals surface area contributed by atoms with Crippen molar-refractivity contribution >= 4 is 38.2 Å². The van der Waals surface area contributed by atoms with Crippen LogP contribution < -0.4 is 5.32 Å². The Morgan fingerprint density at radius 2 is 2.00 bits per heavy atom. The van der Waals surface area contributed by atoms with Gasteiger partial charge in [-0.2, -0.15) is 0 Å². The van der Waals surface area contributed by atoms with E-state index in [2.05, 4.69) is 5.32 Å². The van der Waals surface area contributed by atoms with Crippen molar-refractivity contribution in [3.63, 3.8) is 0 Å². The van der Waals surface area contributed by atoms with Crippen LogP contribution in [0, 0.1) is 0 Å². The zero-order valence-corrected chi connectivity index (χ0v) is 14.6. The number of carbonyl (C=O) groups is 1. The van der Waals surface area contributed by atoms with Crippen LogP contribution in [0.3, 0.4) is 0 Å². The van der Waals surface area contributed by atoms with Crippen LogP contribution in [-0.2, 0) is 7.05 Å². The van der Waals surface area contributed by atoms with E-state index in [-0.39, 0.29) is 12.5 Å². The van der Waals surface area contributed by atoms with E-state index in [0.717, 1.165) is 26.6 Å². The largest absolute Gasteiger partial charge is 0.387 e. The number of nitrogens with zero attached hydrogens (tertiary/aromatic N) is 1. The van der Waals surface area contributed by atoms with Crippen molar-refractivity contribution in [2.75, 3.05) is 6.54 Å². The van der Waals surface area contributed by atoms with E-state index in [1.165, 1.54) is 11.3 Å². The third-order valence-corrected chi connectivity index (χ3v) is 5.51. The molecule has 0 aliphatic carbocycles. The normalized spacial score (nSPS) is 12.6. The monoisotopic (exact) mass is 350 g/mol. The zero-order valence-electron chi connectivity index (χ0n) is 13.8. The fraction of sp³-hybridized carbons (Fsp3) is 0.150. The number of aryl methyl sites for hydroxylation is 1. The van der Waals surface area contributed by atoms with Crippen LogP contribution in [0.15, 0.2) is 60.8 Å². The predicted molar refractivity (Wildman–Crippen MR) is 102 cm³/mol. The van der Waals surface area contributed by atoms with Crippen molar-refractivity contribution in [3.05, 3.63) is 71.2 Å². The smallest absolute Gasteiger partial charge is 0.261 e. The summed E-state index contributed by atoms with van der Waals surface area (Å²) in [6, 6.07) is 17.7. The standard InChI is InChI=1S/C20H18N2O2S/c1-22-9-8-13-10-14(6-7-16(13)22)17(23)12-21-20(24)19-11-15-4-2-3-5-18(15)25-19/h2-11,17,23H,12H2,1H3,(H,21,24)/t17-/m0/s1. The lowest BCUT2D eigenvalue weighted by atomic mass is 10.1. The average Bonchev–Trinajstić information content (AvgIpc) is 3.23. The molecule has 4 aromatic rings. The molecule has 1 atom stereocenters. The summed E-state index contributed by atoms with van der Waals surface area (Å²) in [5, 5.41) is 15.4. The molecule has 2 aromatic carbocycles. The maximum absolute atomic E-state index is 12.4. The minimum atomic E-state index is -0.733. The summed E-state index contributed by atoms with van der Waals surface area (Å²) in [6.07, 6.45) is 1.26. The molecule has 0 saturated carbocycles. The molecule has 0 radical (unpaired) electrons. The molecule has 0 fully saturated rings. The molecule has 0 aliphatic rings.